The standard InChI is InChI=1S/C12H12F2N2S/c1-7-6-17-12(16-7)5-11(15)9-3-2-8(13)4-10(9)14/h2-4,6,11H,5,15H2,1H3. The normalized spacial score (nSPS) is 12.7. The number of rotatable bonds is 3. The second-order valence-electron chi connectivity index (χ2n) is 3.86. The van der Waals surface area contributed by atoms with Crippen molar-refractivity contribution in [2.24, 2.45) is 5.73 Å². The van der Waals surface area contributed by atoms with Crippen LogP contribution in [0.25, 0.3) is 0 Å². The molecule has 1 aromatic heterocycles. The van der Waals surface area contributed by atoms with E-state index in [0.29, 0.717) is 12.0 Å². The number of nitrogens with two attached hydrogens (primary N) is 1. The molecule has 90 valence electrons. The van der Waals surface area contributed by atoms with Crippen molar-refractivity contribution in [2.45, 2.75) is 19.4 Å². The molecule has 1 aromatic carbocycles. The summed E-state index contributed by atoms with van der Waals surface area (Å²) >= 11 is 1.49. The third kappa shape index (κ3) is 2.87. The third-order valence-corrected chi connectivity index (χ3v) is 3.41. The molecule has 0 aliphatic heterocycles. The molecule has 0 radical (unpaired) electrons. The van der Waals surface area contributed by atoms with Crippen LogP contribution in [-0.2, 0) is 6.42 Å². The smallest absolute Gasteiger partial charge is 0.130 e. The van der Waals surface area contributed by atoms with Crippen molar-refractivity contribution in [2.75, 3.05) is 0 Å². The summed E-state index contributed by atoms with van der Waals surface area (Å²) in [6.07, 6.45) is 0.459. The molecule has 1 atom stereocenters. The van der Waals surface area contributed by atoms with Crippen LogP contribution >= 0.6 is 11.3 Å². The van der Waals surface area contributed by atoms with Crippen molar-refractivity contribution >= 4 is 11.3 Å². The van der Waals surface area contributed by atoms with Gasteiger partial charge in [0.2, 0.25) is 0 Å². The maximum atomic E-state index is 13.5. The molecule has 1 heterocycles. The number of hydrogen-bond donors (Lipinski definition) is 1. The fourth-order valence-electron chi connectivity index (χ4n) is 1.60. The van der Waals surface area contributed by atoms with Gasteiger partial charge in [0.25, 0.3) is 0 Å². The Kier molecular flexibility index (Phi) is 3.49. The van der Waals surface area contributed by atoms with Gasteiger partial charge in [-0.3, -0.25) is 0 Å². The van der Waals surface area contributed by atoms with Crippen molar-refractivity contribution in [3.8, 4) is 0 Å². The molecule has 2 nitrogen and oxygen atoms in total. The van der Waals surface area contributed by atoms with E-state index in [1.165, 1.54) is 23.5 Å². The number of nitrogens with zero attached hydrogens (tertiary/aromatic N) is 1. The number of aromatic nitrogens is 1. The van der Waals surface area contributed by atoms with Gasteiger partial charge in [-0.1, -0.05) is 6.07 Å². The summed E-state index contributed by atoms with van der Waals surface area (Å²) in [5.74, 6) is -1.20. The Morgan fingerprint density at radius 3 is 2.76 bits per heavy atom. The zero-order valence-corrected chi connectivity index (χ0v) is 10.1. The lowest BCUT2D eigenvalue weighted by Crippen LogP contribution is -2.15. The number of aryl methyl sites for hydroxylation is 1. The summed E-state index contributed by atoms with van der Waals surface area (Å²) in [5, 5.41) is 2.78. The van der Waals surface area contributed by atoms with E-state index < -0.39 is 17.7 Å². The number of thiazole rings is 1. The Balaban J connectivity index is 2.17. The molecule has 0 bridgehead atoms. The van der Waals surface area contributed by atoms with Crippen molar-refractivity contribution in [1.29, 1.82) is 0 Å². The minimum Gasteiger partial charge on any atom is -0.324 e. The summed E-state index contributed by atoms with van der Waals surface area (Å²) < 4.78 is 26.2. The van der Waals surface area contributed by atoms with E-state index in [-0.39, 0.29) is 0 Å². The molecule has 2 N–H and O–H groups in total. The van der Waals surface area contributed by atoms with Crippen LogP contribution in [0.3, 0.4) is 0 Å². The van der Waals surface area contributed by atoms with Gasteiger partial charge < -0.3 is 5.73 Å². The molecule has 17 heavy (non-hydrogen) atoms. The molecule has 0 fully saturated rings. The molecule has 0 aliphatic rings. The van der Waals surface area contributed by atoms with Gasteiger partial charge in [0, 0.05) is 35.2 Å². The lowest BCUT2D eigenvalue weighted by Gasteiger charge is -2.11. The monoisotopic (exact) mass is 254 g/mol. The van der Waals surface area contributed by atoms with E-state index in [1.807, 2.05) is 12.3 Å². The summed E-state index contributed by atoms with van der Waals surface area (Å²) in [5.41, 5.74) is 7.14. The van der Waals surface area contributed by atoms with Gasteiger partial charge in [-0.15, -0.1) is 11.3 Å². The average molecular weight is 254 g/mol. The van der Waals surface area contributed by atoms with Gasteiger partial charge >= 0.3 is 0 Å². The van der Waals surface area contributed by atoms with Gasteiger partial charge in [0.15, 0.2) is 0 Å². The molecular formula is C12H12F2N2S. The fourth-order valence-corrected chi connectivity index (χ4v) is 2.43. The Bertz CT molecular complexity index is 525. The predicted octanol–water partition coefficient (Wildman–Crippen LogP) is 2.97. The molecule has 0 aliphatic carbocycles. The Hall–Kier alpha value is -1.33. The first-order valence-corrected chi connectivity index (χ1v) is 6.06. The summed E-state index contributed by atoms with van der Waals surface area (Å²) in [7, 11) is 0. The highest BCUT2D eigenvalue weighted by atomic mass is 32.1. The van der Waals surface area contributed by atoms with Crippen molar-refractivity contribution in [3.05, 3.63) is 51.5 Å². The van der Waals surface area contributed by atoms with Crippen LogP contribution in [0.4, 0.5) is 8.78 Å². The highest BCUT2D eigenvalue weighted by Gasteiger charge is 2.14. The molecule has 0 spiro atoms. The first kappa shape index (κ1) is 12.1. The third-order valence-electron chi connectivity index (χ3n) is 2.42. The predicted molar refractivity (Wildman–Crippen MR) is 63.8 cm³/mol. The quantitative estimate of drug-likeness (QED) is 0.914. The Morgan fingerprint density at radius 1 is 1.41 bits per heavy atom. The first-order valence-electron chi connectivity index (χ1n) is 5.18. The molecule has 0 saturated carbocycles. The first-order chi connectivity index (χ1) is 8.06. The summed E-state index contributed by atoms with van der Waals surface area (Å²) in [6, 6.07) is 2.95. The van der Waals surface area contributed by atoms with E-state index in [1.54, 1.807) is 0 Å². The molecule has 1 unspecified atom stereocenters. The van der Waals surface area contributed by atoms with Crippen LogP contribution in [-0.4, -0.2) is 4.98 Å². The van der Waals surface area contributed by atoms with E-state index in [2.05, 4.69) is 4.98 Å². The maximum absolute atomic E-state index is 13.5. The Labute approximate surface area is 102 Å². The van der Waals surface area contributed by atoms with Crippen molar-refractivity contribution in [1.82, 2.24) is 4.98 Å². The van der Waals surface area contributed by atoms with Crippen LogP contribution in [0.2, 0.25) is 0 Å². The van der Waals surface area contributed by atoms with Crippen molar-refractivity contribution in [3.63, 3.8) is 0 Å². The van der Waals surface area contributed by atoms with Crippen LogP contribution in [0, 0.1) is 18.6 Å². The Morgan fingerprint density at radius 2 is 2.18 bits per heavy atom. The fraction of sp³-hybridized carbons (Fsp3) is 0.250. The van der Waals surface area contributed by atoms with Crippen LogP contribution in [0.15, 0.2) is 23.6 Å². The molecule has 2 rings (SSSR count). The van der Waals surface area contributed by atoms with Gasteiger partial charge in [-0.2, -0.15) is 0 Å². The molecular weight excluding hydrogens is 242 g/mol. The van der Waals surface area contributed by atoms with Crippen LogP contribution in [0.1, 0.15) is 22.3 Å². The van der Waals surface area contributed by atoms with E-state index in [9.17, 15) is 8.78 Å². The molecule has 0 amide bonds. The number of hydrogen-bond acceptors (Lipinski definition) is 3. The van der Waals surface area contributed by atoms with Gasteiger partial charge in [-0.05, 0) is 13.0 Å². The van der Waals surface area contributed by atoms with Gasteiger partial charge in [0.1, 0.15) is 11.6 Å². The van der Waals surface area contributed by atoms with E-state index >= 15 is 0 Å². The topological polar surface area (TPSA) is 38.9 Å². The molecule has 5 heteroatoms. The average Bonchev–Trinajstić information content (AvgIpc) is 2.63. The SMILES string of the molecule is Cc1csc(CC(N)c2ccc(F)cc2F)n1. The summed E-state index contributed by atoms with van der Waals surface area (Å²) in [6.45, 7) is 1.89. The minimum absolute atomic E-state index is 0.319. The lowest BCUT2D eigenvalue weighted by atomic mass is 10.0. The molecule has 0 saturated heterocycles. The summed E-state index contributed by atoms with van der Waals surface area (Å²) in [4.78, 5) is 4.27. The number of benzene rings is 1. The second kappa shape index (κ2) is 4.89. The molecule has 2 aromatic rings. The highest BCUT2D eigenvalue weighted by molar-refractivity contribution is 7.09. The van der Waals surface area contributed by atoms with Gasteiger partial charge in [0.05, 0.1) is 5.01 Å². The van der Waals surface area contributed by atoms with Gasteiger partial charge in [-0.25, -0.2) is 13.8 Å². The number of halogens is 2. The lowest BCUT2D eigenvalue weighted by molar-refractivity contribution is 0.554. The van der Waals surface area contributed by atoms with Crippen LogP contribution in [0.5, 0.6) is 0 Å². The second-order valence-corrected chi connectivity index (χ2v) is 4.80. The zero-order chi connectivity index (χ0) is 12.4. The van der Waals surface area contributed by atoms with Crippen LogP contribution < -0.4 is 5.73 Å². The largest absolute Gasteiger partial charge is 0.324 e. The van der Waals surface area contributed by atoms with E-state index in [0.717, 1.165) is 16.8 Å². The highest BCUT2D eigenvalue weighted by Crippen LogP contribution is 2.21. The zero-order valence-electron chi connectivity index (χ0n) is 9.28. The minimum atomic E-state index is -0.606. The van der Waals surface area contributed by atoms with E-state index in [4.69, 9.17) is 5.73 Å². The van der Waals surface area contributed by atoms with Crippen molar-refractivity contribution < 1.29 is 8.78 Å². The maximum Gasteiger partial charge on any atom is 0.130 e.